The molecule has 0 aromatic heterocycles. The quantitative estimate of drug-likeness (QED) is 0.870. The normalized spacial score (nSPS) is 18.7. The molecule has 0 saturated carbocycles. The lowest BCUT2D eigenvalue weighted by Crippen LogP contribution is -2.35. The SMILES string of the molecule is CC(C)NS(=O)(=O)c1ccc2c(c1)OC(C)C(=O)N2. The molecule has 1 aliphatic heterocycles. The van der Waals surface area contributed by atoms with Crippen molar-refractivity contribution in [1.82, 2.24) is 4.72 Å². The van der Waals surface area contributed by atoms with Gasteiger partial charge in [-0.3, -0.25) is 4.79 Å². The first-order chi connectivity index (χ1) is 8.79. The highest BCUT2D eigenvalue weighted by Gasteiger charge is 2.25. The average Bonchev–Trinajstić information content (AvgIpc) is 2.28. The Balaban J connectivity index is 2.37. The molecule has 2 rings (SSSR count). The Bertz CT molecular complexity index is 610. The molecule has 19 heavy (non-hydrogen) atoms. The number of rotatable bonds is 3. The molecule has 0 aliphatic carbocycles. The summed E-state index contributed by atoms with van der Waals surface area (Å²) in [6.45, 7) is 5.09. The third-order valence-corrected chi connectivity index (χ3v) is 4.24. The van der Waals surface area contributed by atoms with Crippen LogP contribution in [0.3, 0.4) is 0 Å². The smallest absolute Gasteiger partial charge is 0.265 e. The largest absolute Gasteiger partial charge is 0.479 e. The number of carbonyl (C=O) groups excluding carboxylic acids is 1. The van der Waals surface area contributed by atoms with E-state index in [1.54, 1.807) is 20.8 Å². The average molecular weight is 284 g/mol. The molecule has 0 saturated heterocycles. The van der Waals surface area contributed by atoms with E-state index >= 15 is 0 Å². The van der Waals surface area contributed by atoms with Crippen LogP contribution >= 0.6 is 0 Å². The van der Waals surface area contributed by atoms with E-state index in [-0.39, 0.29) is 16.8 Å². The van der Waals surface area contributed by atoms with Gasteiger partial charge < -0.3 is 10.1 Å². The molecular formula is C12H16N2O4S. The summed E-state index contributed by atoms with van der Waals surface area (Å²) in [5.74, 6) is 0.113. The molecule has 1 aliphatic rings. The summed E-state index contributed by atoms with van der Waals surface area (Å²) < 4.78 is 31.9. The van der Waals surface area contributed by atoms with Gasteiger partial charge in [0.25, 0.3) is 5.91 Å². The standard InChI is InChI=1S/C12H16N2O4S/c1-7(2)14-19(16,17)9-4-5-10-11(6-9)18-8(3)12(15)13-10/h4-8,14H,1-3H3,(H,13,15). The van der Waals surface area contributed by atoms with Crippen LogP contribution in [-0.4, -0.2) is 26.5 Å². The molecule has 6 nitrogen and oxygen atoms in total. The number of hydrogen-bond acceptors (Lipinski definition) is 4. The van der Waals surface area contributed by atoms with Crippen LogP contribution in [0.15, 0.2) is 23.1 Å². The van der Waals surface area contributed by atoms with Gasteiger partial charge in [-0.25, -0.2) is 13.1 Å². The number of anilines is 1. The molecular weight excluding hydrogens is 268 g/mol. The Morgan fingerprint density at radius 3 is 2.68 bits per heavy atom. The Kier molecular flexibility index (Phi) is 3.51. The highest BCUT2D eigenvalue weighted by molar-refractivity contribution is 7.89. The zero-order chi connectivity index (χ0) is 14.2. The van der Waals surface area contributed by atoms with Gasteiger partial charge in [0, 0.05) is 12.1 Å². The number of hydrogen-bond donors (Lipinski definition) is 2. The minimum Gasteiger partial charge on any atom is -0.479 e. The predicted molar refractivity (Wildman–Crippen MR) is 70.6 cm³/mol. The maximum atomic E-state index is 12.0. The van der Waals surface area contributed by atoms with Crippen molar-refractivity contribution in [2.24, 2.45) is 0 Å². The first-order valence-electron chi connectivity index (χ1n) is 5.93. The Hall–Kier alpha value is -1.60. The van der Waals surface area contributed by atoms with Crippen LogP contribution in [0.4, 0.5) is 5.69 Å². The molecule has 7 heteroatoms. The van der Waals surface area contributed by atoms with Gasteiger partial charge in [0.1, 0.15) is 5.75 Å². The van der Waals surface area contributed by atoms with Gasteiger partial charge in [0.05, 0.1) is 10.6 Å². The van der Waals surface area contributed by atoms with Crippen molar-refractivity contribution >= 4 is 21.6 Å². The van der Waals surface area contributed by atoms with E-state index in [1.165, 1.54) is 18.2 Å². The Labute approximate surface area is 112 Å². The molecule has 0 radical (unpaired) electrons. The Morgan fingerprint density at radius 1 is 1.37 bits per heavy atom. The second kappa shape index (κ2) is 4.82. The zero-order valence-corrected chi connectivity index (χ0v) is 11.7. The number of sulfonamides is 1. The molecule has 0 fully saturated rings. The highest BCUT2D eigenvalue weighted by atomic mass is 32.2. The van der Waals surface area contributed by atoms with E-state index in [0.29, 0.717) is 11.4 Å². The Morgan fingerprint density at radius 2 is 2.05 bits per heavy atom. The molecule has 1 heterocycles. The second-order valence-electron chi connectivity index (χ2n) is 4.68. The maximum Gasteiger partial charge on any atom is 0.265 e. The minimum atomic E-state index is -3.57. The van der Waals surface area contributed by atoms with E-state index in [1.807, 2.05) is 0 Å². The number of fused-ring (bicyclic) bond motifs is 1. The number of nitrogens with one attached hydrogen (secondary N) is 2. The van der Waals surface area contributed by atoms with Crippen LogP contribution in [0, 0.1) is 0 Å². The lowest BCUT2D eigenvalue weighted by Gasteiger charge is -2.23. The summed E-state index contributed by atoms with van der Waals surface area (Å²) in [4.78, 5) is 11.5. The molecule has 0 bridgehead atoms. The van der Waals surface area contributed by atoms with Crippen molar-refractivity contribution in [3.8, 4) is 5.75 Å². The number of benzene rings is 1. The van der Waals surface area contributed by atoms with Crippen LogP contribution in [0.25, 0.3) is 0 Å². The summed E-state index contributed by atoms with van der Waals surface area (Å²) in [7, 11) is -3.57. The van der Waals surface area contributed by atoms with Gasteiger partial charge in [-0.05, 0) is 32.9 Å². The van der Waals surface area contributed by atoms with Crippen LogP contribution in [0.1, 0.15) is 20.8 Å². The number of carbonyl (C=O) groups is 1. The molecule has 1 atom stereocenters. The molecule has 1 aromatic rings. The van der Waals surface area contributed by atoms with Crippen molar-refractivity contribution < 1.29 is 17.9 Å². The van der Waals surface area contributed by atoms with Gasteiger partial charge >= 0.3 is 0 Å². The zero-order valence-electron chi connectivity index (χ0n) is 10.9. The molecule has 1 aromatic carbocycles. The maximum absolute atomic E-state index is 12.0. The van der Waals surface area contributed by atoms with Gasteiger partial charge in [-0.15, -0.1) is 0 Å². The molecule has 2 N–H and O–H groups in total. The predicted octanol–water partition coefficient (Wildman–Crippen LogP) is 1.09. The van der Waals surface area contributed by atoms with Crippen molar-refractivity contribution in [3.63, 3.8) is 0 Å². The van der Waals surface area contributed by atoms with E-state index in [9.17, 15) is 13.2 Å². The van der Waals surface area contributed by atoms with Crippen LogP contribution in [0.5, 0.6) is 5.75 Å². The van der Waals surface area contributed by atoms with Crippen molar-refractivity contribution in [3.05, 3.63) is 18.2 Å². The van der Waals surface area contributed by atoms with Crippen LogP contribution < -0.4 is 14.8 Å². The van der Waals surface area contributed by atoms with Crippen molar-refractivity contribution in [2.45, 2.75) is 37.8 Å². The summed E-state index contributed by atoms with van der Waals surface area (Å²) >= 11 is 0. The van der Waals surface area contributed by atoms with Crippen LogP contribution in [0.2, 0.25) is 0 Å². The fraction of sp³-hybridized carbons (Fsp3) is 0.417. The van der Waals surface area contributed by atoms with Gasteiger partial charge in [-0.1, -0.05) is 0 Å². The van der Waals surface area contributed by atoms with Crippen molar-refractivity contribution in [2.75, 3.05) is 5.32 Å². The lowest BCUT2D eigenvalue weighted by molar-refractivity contribution is -0.122. The van der Waals surface area contributed by atoms with Gasteiger partial charge in [-0.2, -0.15) is 0 Å². The fourth-order valence-corrected chi connectivity index (χ4v) is 2.99. The first-order valence-corrected chi connectivity index (χ1v) is 7.42. The summed E-state index contributed by atoms with van der Waals surface area (Å²) in [5.41, 5.74) is 0.478. The van der Waals surface area contributed by atoms with E-state index in [4.69, 9.17) is 4.74 Å². The first kappa shape index (κ1) is 13.8. The van der Waals surface area contributed by atoms with Crippen molar-refractivity contribution in [1.29, 1.82) is 0 Å². The van der Waals surface area contributed by atoms with Gasteiger partial charge in [0.2, 0.25) is 10.0 Å². The van der Waals surface area contributed by atoms with Gasteiger partial charge in [0.15, 0.2) is 6.10 Å². The highest BCUT2D eigenvalue weighted by Crippen LogP contribution is 2.31. The summed E-state index contributed by atoms with van der Waals surface area (Å²) in [5, 5.41) is 2.65. The number of ether oxygens (including phenoxy) is 1. The molecule has 104 valence electrons. The van der Waals surface area contributed by atoms with E-state index < -0.39 is 16.1 Å². The van der Waals surface area contributed by atoms with Crippen LogP contribution in [-0.2, 0) is 14.8 Å². The molecule has 0 spiro atoms. The minimum absolute atomic E-state index is 0.114. The molecule has 1 unspecified atom stereocenters. The van der Waals surface area contributed by atoms with E-state index in [2.05, 4.69) is 10.0 Å². The summed E-state index contributed by atoms with van der Waals surface area (Å²) in [6, 6.07) is 4.17. The second-order valence-corrected chi connectivity index (χ2v) is 6.40. The molecule has 1 amide bonds. The monoisotopic (exact) mass is 284 g/mol. The third kappa shape index (κ3) is 2.87. The topological polar surface area (TPSA) is 84.5 Å². The summed E-state index contributed by atoms with van der Waals surface area (Å²) in [6.07, 6.45) is -0.636. The van der Waals surface area contributed by atoms with E-state index in [0.717, 1.165) is 0 Å². The lowest BCUT2D eigenvalue weighted by atomic mass is 10.2. The fourth-order valence-electron chi connectivity index (χ4n) is 1.73. The third-order valence-electron chi connectivity index (χ3n) is 2.59. The number of amides is 1.